The molecule has 0 radical (unpaired) electrons. The Morgan fingerprint density at radius 2 is 1.15 bits per heavy atom. The lowest BCUT2D eigenvalue weighted by Crippen LogP contribution is -2.03. The number of phenolic OH excluding ortho intramolecular Hbond substituents is 2. The Balaban J connectivity index is 2.01. The van der Waals surface area contributed by atoms with E-state index in [0.717, 1.165) is 39.4 Å². The van der Waals surface area contributed by atoms with E-state index < -0.39 is 0 Å². The van der Waals surface area contributed by atoms with Gasteiger partial charge in [-0.1, -0.05) is 54.4 Å². The average Bonchev–Trinajstić information content (AvgIpc) is 2.78. The maximum Gasteiger partial charge on any atom is 0.167 e. The average molecular weight is 454 g/mol. The van der Waals surface area contributed by atoms with E-state index in [9.17, 15) is 15.0 Å². The monoisotopic (exact) mass is 453 g/mol. The number of Topliss-reactive ketones (excluding diaryl/α,β-unsaturated/α-hetero) is 1. The number of hydrogen-bond acceptors (Lipinski definition) is 6. The van der Waals surface area contributed by atoms with Crippen LogP contribution in [0.4, 0.5) is 0 Å². The first-order chi connectivity index (χ1) is 16.2. The summed E-state index contributed by atoms with van der Waals surface area (Å²) in [6.07, 6.45) is 0.219. The molecule has 0 bridgehead atoms. The van der Waals surface area contributed by atoms with E-state index in [4.69, 9.17) is 4.98 Å². The zero-order valence-corrected chi connectivity index (χ0v) is 20.0. The summed E-state index contributed by atoms with van der Waals surface area (Å²) in [4.78, 5) is 26.5. The lowest BCUT2D eigenvalue weighted by molar-refractivity contribution is 0.0985. The minimum Gasteiger partial charge on any atom is -0.507 e. The maximum atomic E-state index is 12.4. The number of hydrogen-bond donors (Lipinski definition) is 2. The first kappa shape index (κ1) is 23.1. The summed E-state index contributed by atoms with van der Waals surface area (Å²) in [6.45, 7) is 9.76. The minimum absolute atomic E-state index is 0.122. The van der Waals surface area contributed by atoms with E-state index in [1.165, 1.54) is 6.07 Å². The molecule has 0 spiro atoms. The van der Waals surface area contributed by atoms with Crippen LogP contribution in [0.5, 0.6) is 11.5 Å². The van der Waals surface area contributed by atoms with E-state index >= 15 is 0 Å². The van der Waals surface area contributed by atoms with Gasteiger partial charge in [0.1, 0.15) is 11.5 Å². The number of nitrogens with zero attached hydrogens (tertiary/aromatic N) is 3. The predicted molar refractivity (Wildman–Crippen MR) is 133 cm³/mol. The zero-order chi connectivity index (χ0) is 24.6. The normalized spacial score (nSPS) is 11.0. The van der Waals surface area contributed by atoms with Gasteiger partial charge in [-0.2, -0.15) is 0 Å². The van der Waals surface area contributed by atoms with E-state index in [0.29, 0.717) is 11.6 Å². The first-order valence-corrected chi connectivity index (χ1v) is 11.2. The second kappa shape index (κ2) is 9.06. The zero-order valence-electron chi connectivity index (χ0n) is 20.0. The number of aryl methyl sites for hydroxylation is 4. The van der Waals surface area contributed by atoms with Crippen LogP contribution in [0.2, 0.25) is 0 Å². The number of carbonyl (C=O) groups excluding carboxylic acids is 1. The van der Waals surface area contributed by atoms with Gasteiger partial charge in [0, 0.05) is 23.6 Å². The molecule has 0 aliphatic heterocycles. The molecule has 0 saturated heterocycles. The summed E-state index contributed by atoms with van der Waals surface area (Å²) >= 11 is 0. The summed E-state index contributed by atoms with van der Waals surface area (Å²) in [6, 6.07) is 14.7. The van der Waals surface area contributed by atoms with Gasteiger partial charge in [0.25, 0.3) is 0 Å². The molecular formula is C28H27N3O3. The van der Waals surface area contributed by atoms with Crippen molar-refractivity contribution in [1.82, 2.24) is 15.0 Å². The highest BCUT2D eigenvalue weighted by Gasteiger charge is 2.20. The third-order valence-electron chi connectivity index (χ3n) is 5.86. The lowest BCUT2D eigenvalue weighted by Gasteiger charge is -2.13. The fourth-order valence-corrected chi connectivity index (χ4v) is 4.04. The number of rotatable bonds is 5. The van der Waals surface area contributed by atoms with Crippen molar-refractivity contribution in [3.63, 3.8) is 0 Å². The van der Waals surface area contributed by atoms with Gasteiger partial charge >= 0.3 is 0 Å². The van der Waals surface area contributed by atoms with Crippen molar-refractivity contribution in [3.05, 3.63) is 76.3 Å². The van der Waals surface area contributed by atoms with Gasteiger partial charge in [0.05, 0.1) is 11.1 Å². The Kier molecular flexibility index (Phi) is 6.16. The largest absolute Gasteiger partial charge is 0.507 e. The molecule has 172 valence electrons. The van der Waals surface area contributed by atoms with E-state index in [2.05, 4.69) is 22.1 Å². The smallest absolute Gasteiger partial charge is 0.167 e. The van der Waals surface area contributed by atoms with Crippen molar-refractivity contribution < 1.29 is 15.0 Å². The summed E-state index contributed by atoms with van der Waals surface area (Å²) in [5, 5.41) is 20.9. The van der Waals surface area contributed by atoms with Crippen molar-refractivity contribution in [3.8, 4) is 45.7 Å². The van der Waals surface area contributed by atoms with Gasteiger partial charge in [-0.25, -0.2) is 15.0 Å². The summed E-state index contributed by atoms with van der Waals surface area (Å²) in [7, 11) is 0. The molecule has 6 nitrogen and oxygen atoms in total. The Morgan fingerprint density at radius 3 is 1.59 bits per heavy atom. The molecule has 0 amide bonds. The Morgan fingerprint density at radius 1 is 0.676 bits per heavy atom. The minimum atomic E-state index is -0.272. The van der Waals surface area contributed by atoms with Gasteiger partial charge in [0.2, 0.25) is 0 Å². The highest BCUT2D eigenvalue weighted by atomic mass is 16.3. The molecule has 4 aromatic rings. The van der Waals surface area contributed by atoms with Crippen molar-refractivity contribution in [2.75, 3.05) is 0 Å². The maximum absolute atomic E-state index is 12.4. The van der Waals surface area contributed by atoms with Gasteiger partial charge in [0.15, 0.2) is 23.3 Å². The molecule has 2 N–H and O–H groups in total. The number of benzene rings is 3. The number of carbonyl (C=O) groups is 1. The Hall–Kier alpha value is -4.06. The molecule has 0 atom stereocenters. The molecule has 4 rings (SSSR count). The molecule has 3 aromatic carbocycles. The summed E-state index contributed by atoms with van der Waals surface area (Å²) < 4.78 is 0. The van der Waals surface area contributed by atoms with Crippen LogP contribution in [-0.2, 0) is 0 Å². The quantitative estimate of drug-likeness (QED) is 0.354. The molecule has 6 heteroatoms. The second-order valence-electron chi connectivity index (χ2n) is 8.61. The Bertz CT molecular complexity index is 1360. The van der Waals surface area contributed by atoms with Gasteiger partial charge in [-0.3, -0.25) is 4.79 Å². The fraction of sp³-hybridized carbons (Fsp3) is 0.214. The number of ketones is 1. The SMILES string of the molecule is CCC(=O)c1cc(-c2nc(-c3ccc(C)cc3C)nc(-c3ccc(C)cc3C)n2)c(O)cc1O. The summed E-state index contributed by atoms with van der Waals surface area (Å²) in [5.74, 6) is 0.433. The van der Waals surface area contributed by atoms with Crippen LogP contribution >= 0.6 is 0 Å². The van der Waals surface area contributed by atoms with Crippen molar-refractivity contribution in [1.29, 1.82) is 0 Å². The first-order valence-electron chi connectivity index (χ1n) is 11.2. The molecule has 0 saturated carbocycles. The number of phenols is 2. The third-order valence-corrected chi connectivity index (χ3v) is 5.86. The van der Waals surface area contributed by atoms with Crippen LogP contribution < -0.4 is 0 Å². The molecule has 0 unspecified atom stereocenters. The van der Waals surface area contributed by atoms with Crippen LogP contribution in [0, 0.1) is 27.7 Å². The van der Waals surface area contributed by atoms with Crippen LogP contribution in [0.15, 0.2) is 48.5 Å². The molecule has 0 fully saturated rings. The van der Waals surface area contributed by atoms with Crippen LogP contribution in [-0.4, -0.2) is 30.9 Å². The van der Waals surface area contributed by atoms with Crippen LogP contribution in [0.1, 0.15) is 46.0 Å². The second-order valence-corrected chi connectivity index (χ2v) is 8.61. The van der Waals surface area contributed by atoms with Crippen LogP contribution in [0.3, 0.4) is 0 Å². The molecule has 1 heterocycles. The van der Waals surface area contributed by atoms with Crippen LogP contribution in [0.25, 0.3) is 34.2 Å². The van der Waals surface area contributed by atoms with E-state index in [1.54, 1.807) is 6.92 Å². The van der Waals surface area contributed by atoms with Crippen molar-refractivity contribution in [2.24, 2.45) is 0 Å². The highest BCUT2D eigenvalue weighted by Crippen LogP contribution is 2.36. The standard InChI is InChI=1S/C28H27N3O3/c1-6-23(32)21-13-22(25(34)14-24(21)33)28-30-26(19-9-7-15(2)11-17(19)4)29-27(31-28)20-10-8-16(3)12-18(20)5/h7-14,33-34H,6H2,1-5H3. The molecule has 34 heavy (non-hydrogen) atoms. The molecule has 0 aliphatic rings. The fourth-order valence-electron chi connectivity index (χ4n) is 4.04. The predicted octanol–water partition coefficient (Wildman–Crippen LogP) is 6.11. The third kappa shape index (κ3) is 4.39. The molecule has 0 aliphatic carbocycles. The van der Waals surface area contributed by atoms with Gasteiger partial charge in [-0.05, 0) is 44.9 Å². The van der Waals surface area contributed by atoms with E-state index in [1.807, 2.05) is 52.0 Å². The highest BCUT2D eigenvalue weighted by molar-refractivity contribution is 6.00. The number of aromatic nitrogens is 3. The van der Waals surface area contributed by atoms with Gasteiger partial charge < -0.3 is 10.2 Å². The topological polar surface area (TPSA) is 96.2 Å². The summed E-state index contributed by atoms with van der Waals surface area (Å²) in [5.41, 5.74) is 6.37. The Labute approximate surface area is 199 Å². The lowest BCUT2D eigenvalue weighted by atomic mass is 10.0. The van der Waals surface area contributed by atoms with E-state index in [-0.39, 0.29) is 40.7 Å². The van der Waals surface area contributed by atoms with Crippen molar-refractivity contribution in [2.45, 2.75) is 41.0 Å². The van der Waals surface area contributed by atoms with Crippen molar-refractivity contribution >= 4 is 5.78 Å². The molecular weight excluding hydrogens is 426 g/mol. The van der Waals surface area contributed by atoms with Gasteiger partial charge in [-0.15, -0.1) is 0 Å². The molecule has 1 aromatic heterocycles. The number of aromatic hydroxyl groups is 2.